The Morgan fingerprint density at radius 3 is 3.12 bits per heavy atom. The molecule has 3 heterocycles. The molecule has 7 nitrogen and oxygen atoms in total. The average Bonchev–Trinajstić information content (AvgIpc) is 2.60. The number of morpholine rings is 1. The van der Waals surface area contributed by atoms with E-state index < -0.39 is 6.10 Å². The molecule has 0 aliphatic carbocycles. The lowest BCUT2D eigenvalue weighted by atomic mass is 10.1. The summed E-state index contributed by atoms with van der Waals surface area (Å²) >= 11 is 0. The van der Waals surface area contributed by atoms with E-state index in [2.05, 4.69) is 15.0 Å². The maximum absolute atomic E-state index is 12.4. The zero-order valence-corrected chi connectivity index (χ0v) is 13.6. The number of pyridine rings is 1. The number of rotatable bonds is 4. The number of nitrogens with zero attached hydrogens (tertiary/aromatic N) is 3. The average molecular weight is 328 g/mol. The standard InChI is InChI=1S/C17H20N4O3/c1-12-9-15(22)20-17(19-12)14-11-21(7-8-24-14)16(23)5-4-13-3-2-6-18-10-13/h2-3,6,9-10,14H,4-5,7-8,11H2,1H3,(H,19,20,22)/t14-/m1/s1. The maximum atomic E-state index is 12.4. The highest BCUT2D eigenvalue weighted by Crippen LogP contribution is 2.19. The molecule has 1 amide bonds. The Hall–Kier alpha value is -2.54. The monoisotopic (exact) mass is 328 g/mol. The third-order valence-electron chi connectivity index (χ3n) is 3.96. The van der Waals surface area contributed by atoms with Crippen LogP contribution in [0.4, 0.5) is 0 Å². The second-order valence-corrected chi connectivity index (χ2v) is 5.83. The zero-order valence-electron chi connectivity index (χ0n) is 13.6. The summed E-state index contributed by atoms with van der Waals surface area (Å²) in [6.45, 7) is 3.15. The minimum absolute atomic E-state index is 0.0714. The van der Waals surface area contributed by atoms with Crippen molar-refractivity contribution < 1.29 is 9.53 Å². The number of aromatic nitrogens is 3. The van der Waals surface area contributed by atoms with Gasteiger partial charge in [0.1, 0.15) is 11.9 Å². The molecule has 2 aromatic heterocycles. The van der Waals surface area contributed by atoms with Crippen LogP contribution < -0.4 is 5.56 Å². The number of carbonyl (C=O) groups excluding carboxylic acids is 1. The SMILES string of the molecule is Cc1cc(=O)[nH]c([C@H]2CN(C(=O)CCc3cccnc3)CCO2)n1. The zero-order chi connectivity index (χ0) is 16.9. The van der Waals surface area contributed by atoms with Crippen molar-refractivity contribution in [2.45, 2.75) is 25.9 Å². The van der Waals surface area contributed by atoms with Gasteiger partial charge in [0.2, 0.25) is 5.91 Å². The topological polar surface area (TPSA) is 88.2 Å². The molecule has 0 spiro atoms. The van der Waals surface area contributed by atoms with E-state index in [0.717, 1.165) is 5.56 Å². The fraction of sp³-hybridized carbons (Fsp3) is 0.412. The summed E-state index contributed by atoms with van der Waals surface area (Å²) in [4.78, 5) is 36.9. The summed E-state index contributed by atoms with van der Waals surface area (Å²) in [6.07, 6.45) is 4.18. The number of hydrogen-bond donors (Lipinski definition) is 1. The highest BCUT2D eigenvalue weighted by atomic mass is 16.5. The first-order chi connectivity index (χ1) is 11.6. The lowest BCUT2D eigenvalue weighted by molar-refractivity contribution is -0.139. The normalized spacial score (nSPS) is 17.7. The second kappa shape index (κ2) is 7.35. The quantitative estimate of drug-likeness (QED) is 0.905. The molecule has 1 atom stereocenters. The largest absolute Gasteiger partial charge is 0.367 e. The number of ether oxygens (including phenoxy) is 1. The van der Waals surface area contributed by atoms with Gasteiger partial charge >= 0.3 is 0 Å². The number of carbonyl (C=O) groups is 1. The first kappa shape index (κ1) is 16.3. The minimum Gasteiger partial charge on any atom is -0.367 e. The van der Waals surface area contributed by atoms with Gasteiger partial charge in [-0.05, 0) is 25.0 Å². The van der Waals surface area contributed by atoms with Crippen molar-refractivity contribution in [3.8, 4) is 0 Å². The maximum Gasteiger partial charge on any atom is 0.251 e. The van der Waals surface area contributed by atoms with Crippen LogP contribution in [-0.2, 0) is 16.0 Å². The second-order valence-electron chi connectivity index (χ2n) is 5.83. The van der Waals surface area contributed by atoms with Gasteiger partial charge in [0, 0.05) is 37.1 Å². The number of aromatic amines is 1. The van der Waals surface area contributed by atoms with Crippen LogP contribution in [0.5, 0.6) is 0 Å². The van der Waals surface area contributed by atoms with Crippen LogP contribution in [0, 0.1) is 6.92 Å². The molecule has 1 aliphatic rings. The molecule has 24 heavy (non-hydrogen) atoms. The molecular formula is C17H20N4O3. The van der Waals surface area contributed by atoms with E-state index in [0.29, 0.717) is 44.1 Å². The van der Waals surface area contributed by atoms with Crippen LogP contribution in [-0.4, -0.2) is 45.5 Å². The summed E-state index contributed by atoms with van der Waals surface area (Å²) < 4.78 is 5.68. The number of aryl methyl sites for hydroxylation is 2. The lowest BCUT2D eigenvalue weighted by Gasteiger charge is -2.32. The van der Waals surface area contributed by atoms with E-state index in [9.17, 15) is 9.59 Å². The highest BCUT2D eigenvalue weighted by molar-refractivity contribution is 5.76. The lowest BCUT2D eigenvalue weighted by Crippen LogP contribution is -2.43. The number of H-pyrrole nitrogens is 1. The van der Waals surface area contributed by atoms with E-state index in [4.69, 9.17) is 4.74 Å². The van der Waals surface area contributed by atoms with Gasteiger partial charge in [-0.25, -0.2) is 4.98 Å². The van der Waals surface area contributed by atoms with Crippen LogP contribution in [0.2, 0.25) is 0 Å². The van der Waals surface area contributed by atoms with Crippen molar-refractivity contribution in [3.63, 3.8) is 0 Å². The van der Waals surface area contributed by atoms with Crippen molar-refractivity contribution in [1.29, 1.82) is 0 Å². The van der Waals surface area contributed by atoms with E-state index in [1.807, 2.05) is 12.1 Å². The van der Waals surface area contributed by atoms with Crippen molar-refractivity contribution in [3.05, 3.63) is 58.0 Å². The summed E-state index contributed by atoms with van der Waals surface area (Å²) in [7, 11) is 0. The molecule has 0 unspecified atom stereocenters. The van der Waals surface area contributed by atoms with E-state index >= 15 is 0 Å². The Kier molecular flexibility index (Phi) is 5.00. The summed E-state index contributed by atoms with van der Waals surface area (Å²) in [5.74, 6) is 0.548. The van der Waals surface area contributed by atoms with Gasteiger partial charge in [-0.3, -0.25) is 14.6 Å². The van der Waals surface area contributed by atoms with Crippen molar-refractivity contribution in [2.75, 3.05) is 19.7 Å². The predicted molar refractivity (Wildman–Crippen MR) is 87.4 cm³/mol. The molecule has 126 valence electrons. The van der Waals surface area contributed by atoms with Gasteiger partial charge in [0.15, 0.2) is 0 Å². The molecule has 1 N–H and O–H groups in total. The van der Waals surface area contributed by atoms with Gasteiger partial charge in [-0.15, -0.1) is 0 Å². The minimum atomic E-state index is -0.395. The molecule has 0 bridgehead atoms. The Morgan fingerprint density at radius 1 is 1.50 bits per heavy atom. The molecule has 0 saturated carbocycles. The molecule has 0 aromatic carbocycles. The molecule has 7 heteroatoms. The number of nitrogens with one attached hydrogen (secondary N) is 1. The first-order valence-electron chi connectivity index (χ1n) is 7.98. The fourth-order valence-corrected chi connectivity index (χ4v) is 2.75. The van der Waals surface area contributed by atoms with Crippen molar-refractivity contribution in [2.24, 2.45) is 0 Å². The summed E-state index contributed by atoms with van der Waals surface area (Å²) in [6, 6.07) is 5.26. The Bertz CT molecular complexity index is 760. The van der Waals surface area contributed by atoms with Crippen LogP contribution in [0.1, 0.15) is 29.6 Å². The summed E-state index contributed by atoms with van der Waals surface area (Å²) in [5, 5.41) is 0. The van der Waals surface area contributed by atoms with E-state index in [1.54, 1.807) is 24.2 Å². The Morgan fingerprint density at radius 2 is 2.38 bits per heavy atom. The van der Waals surface area contributed by atoms with Gasteiger partial charge < -0.3 is 14.6 Å². The first-order valence-corrected chi connectivity index (χ1v) is 7.98. The van der Waals surface area contributed by atoms with Gasteiger partial charge in [-0.1, -0.05) is 6.07 Å². The molecule has 1 fully saturated rings. The predicted octanol–water partition coefficient (Wildman–Crippen LogP) is 1.01. The van der Waals surface area contributed by atoms with Gasteiger partial charge in [-0.2, -0.15) is 0 Å². The van der Waals surface area contributed by atoms with Crippen molar-refractivity contribution >= 4 is 5.91 Å². The van der Waals surface area contributed by atoms with Gasteiger partial charge in [0.25, 0.3) is 5.56 Å². The molecule has 1 saturated heterocycles. The third kappa shape index (κ3) is 4.05. The van der Waals surface area contributed by atoms with Crippen LogP contribution in [0.25, 0.3) is 0 Å². The third-order valence-corrected chi connectivity index (χ3v) is 3.96. The molecular weight excluding hydrogens is 308 g/mol. The van der Waals surface area contributed by atoms with Crippen LogP contribution in [0.15, 0.2) is 35.4 Å². The van der Waals surface area contributed by atoms with Gasteiger partial charge in [0.05, 0.1) is 13.2 Å². The molecule has 0 radical (unpaired) electrons. The smallest absolute Gasteiger partial charge is 0.251 e. The molecule has 1 aliphatic heterocycles. The van der Waals surface area contributed by atoms with Crippen LogP contribution >= 0.6 is 0 Å². The molecule has 3 rings (SSSR count). The highest BCUT2D eigenvalue weighted by Gasteiger charge is 2.26. The van der Waals surface area contributed by atoms with Crippen molar-refractivity contribution in [1.82, 2.24) is 19.9 Å². The number of amides is 1. The Balaban J connectivity index is 1.62. The fourth-order valence-electron chi connectivity index (χ4n) is 2.75. The Labute approximate surface area is 139 Å². The van der Waals surface area contributed by atoms with E-state index in [1.165, 1.54) is 6.07 Å². The van der Waals surface area contributed by atoms with Crippen LogP contribution in [0.3, 0.4) is 0 Å². The number of hydrogen-bond acceptors (Lipinski definition) is 5. The molecule has 2 aromatic rings. The summed E-state index contributed by atoms with van der Waals surface area (Å²) in [5.41, 5.74) is 1.47. The van der Waals surface area contributed by atoms with E-state index in [-0.39, 0.29) is 11.5 Å².